The number of quaternary nitrogens is 1. The minimum atomic E-state index is -0.193. The molecule has 0 radical (unpaired) electrons. The van der Waals surface area contributed by atoms with Crippen LogP contribution in [0.3, 0.4) is 0 Å². The van der Waals surface area contributed by atoms with Crippen LogP contribution in [0.1, 0.15) is 5.56 Å². The number of likely N-dealkylation sites (N-methyl/N-ethyl adjacent to an activating group) is 1. The number of nitrogens with zero attached hydrogens (tertiary/aromatic N) is 3. The number of anilines is 2. The van der Waals surface area contributed by atoms with Gasteiger partial charge in [0.05, 0.1) is 44.6 Å². The second-order valence-corrected chi connectivity index (χ2v) is 6.93. The quantitative estimate of drug-likeness (QED) is 0.586. The first-order valence-corrected chi connectivity index (χ1v) is 8.45. The molecule has 0 aromatic heterocycles. The van der Waals surface area contributed by atoms with Crippen LogP contribution in [0.2, 0.25) is 5.02 Å². The highest BCUT2D eigenvalue weighted by molar-refractivity contribution is 6.31. The van der Waals surface area contributed by atoms with Crippen LogP contribution in [-0.2, 0) is 0 Å². The Morgan fingerprint density at radius 1 is 1.12 bits per heavy atom. The Kier molecular flexibility index (Phi) is 3.72. The molecule has 1 saturated heterocycles. The molecule has 2 heterocycles. The molecule has 124 valence electrons. The van der Waals surface area contributed by atoms with E-state index in [1.807, 2.05) is 42.5 Å². The van der Waals surface area contributed by atoms with Gasteiger partial charge in [-0.25, -0.2) is 4.99 Å². The first-order chi connectivity index (χ1) is 11.5. The third kappa shape index (κ3) is 2.86. The van der Waals surface area contributed by atoms with E-state index in [9.17, 15) is 5.21 Å². The van der Waals surface area contributed by atoms with Gasteiger partial charge in [-0.3, -0.25) is 0 Å². The average Bonchev–Trinajstić information content (AvgIpc) is 2.71. The lowest BCUT2D eigenvalue weighted by molar-refractivity contribution is -0.864. The maximum absolute atomic E-state index is 12.2. The first-order valence-electron chi connectivity index (χ1n) is 8.07. The predicted octanol–water partition coefficient (Wildman–Crippen LogP) is 3.74. The van der Waals surface area contributed by atoms with Crippen LogP contribution >= 0.6 is 11.6 Å². The normalized spacial score (nSPS) is 18.8. The van der Waals surface area contributed by atoms with E-state index in [0.717, 1.165) is 28.5 Å². The number of hydrogen-bond acceptors (Lipinski definition) is 4. The minimum Gasteiger partial charge on any atom is -0.633 e. The third-order valence-corrected chi connectivity index (χ3v) is 4.84. The van der Waals surface area contributed by atoms with Crippen molar-refractivity contribution in [1.82, 2.24) is 4.90 Å². The van der Waals surface area contributed by atoms with Crippen LogP contribution in [0.15, 0.2) is 47.5 Å². The standard InChI is InChI=1S/C18H19ClN4O/c1-23(24)10-8-22(9-11-23)18-14-12-13(19)6-7-15(14)20-16-4-2-3-5-17(16)21-18/h2-7,12,20H,8-11H2,1H3. The molecule has 0 atom stereocenters. The van der Waals surface area contributed by atoms with Crippen LogP contribution in [0.25, 0.3) is 0 Å². The maximum atomic E-state index is 12.2. The van der Waals surface area contributed by atoms with E-state index in [1.54, 1.807) is 7.05 Å². The van der Waals surface area contributed by atoms with E-state index in [4.69, 9.17) is 16.6 Å². The summed E-state index contributed by atoms with van der Waals surface area (Å²) in [5.74, 6) is 0.879. The highest BCUT2D eigenvalue weighted by atomic mass is 35.5. The summed E-state index contributed by atoms with van der Waals surface area (Å²) >= 11 is 6.24. The van der Waals surface area contributed by atoms with Crippen LogP contribution in [0, 0.1) is 5.21 Å². The molecule has 2 aromatic carbocycles. The molecule has 1 fully saturated rings. The fourth-order valence-corrected chi connectivity index (χ4v) is 3.32. The van der Waals surface area contributed by atoms with Gasteiger partial charge in [0.25, 0.3) is 0 Å². The minimum absolute atomic E-state index is 0.193. The Labute approximate surface area is 146 Å². The van der Waals surface area contributed by atoms with Gasteiger partial charge in [0.15, 0.2) is 0 Å². The summed E-state index contributed by atoms with van der Waals surface area (Å²) in [5, 5.41) is 16.3. The summed E-state index contributed by atoms with van der Waals surface area (Å²) in [4.78, 5) is 7.10. The van der Waals surface area contributed by atoms with Crippen LogP contribution < -0.4 is 5.32 Å². The van der Waals surface area contributed by atoms with Crippen molar-refractivity contribution in [3.63, 3.8) is 0 Å². The number of benzene rings is 2. The fraction of sp³-hybridized carbons (Fsp3) is 0.278. The molecular formula is C18H19ClN4O. The van der Waals surface area contributed by atoms with Crippen molar-refractivity contribution in [2.24, 2.45) is 4.99 Å². The molecule has 2 aliphatic rings. The lowest BCUT2D eigenvalue weighted by Gasteiger charge is -2.46. The molecule has 6 heteroatoms. The molecule has 5 nitrogen and oxygen atoms in total. The van der Waals surface area contributed by atoms with Gasteiger partial charge in [0.1, 0.15) is 5.84 Å². The molecule has 0 aliphatic carbocycles. The van der Waals surface area contributed by atoms with E-state index in [1.165, 1.54) is 0 Å². The number of rotatable bonds is 0. The second-order valence-electron chi connectivity index (χ2n) is 6.50. The Bertz CT molecular complexity index is 808. The average molecular weight is 343 g/mol. The van der Waals surface area contributed by atoms with Crippen LogP contribution in [0.4, 0.5) is 17.1 Å². The van der Waals surface area contributed by atoms with Crippen LogP contribution in [-0.4, -0.2) is 48.6 Å². The van der Waals surface area contributed by atoms with Crippen molar-refractivity contribution in [2.45, 2.75) is 0 Å². The Hall–Kier alpha value is -2.08. The van der Waals surface area contributed by atoms with Crippen molar-refractivity contribution in [3.05, 3.63) is 58.3 Å². The zero-order chi connectivity index (χ0) is 16.7. The lowest BCUT2D eigenvalue weighted by atomic mass is 10.1. The zero-order valence-electron chi connectivity index (χ0n) is 13.5. The number of aliphatic imine (C=N–C) groups is 1. The van der Waals surface area contributed by atoms with Gasteiger partial charge in [-0.2, -0.15) is 0 Å². The SMILES string of the molecule is C[N+]1([O-])CCN(C2=Nc3ccccc3Nc3ccc(Cl)cc32)CC1. The molecule has 0 bridgehead atoms. The summed E-state index contributed by atoms with van der Waals surface area (Å²) in [7, 11) is 1.73. The molecule has 0 spiro atoms. The highest BCUT2D eigenvalue weighted by Gasteiger charge is 2.27. The number of hydroxylamine groups is 3. The van der Waals surface area contributed by atoms with Gasteiger partial charge in [-0.15, -0.1) is 0 Å². The highest BCUT2D eigenvalue weighted by Crippen LogP contribution is 2.35. The van der Waals surface area contributed by atoms with E-state index >= 15 is 0 Å². The summed E-state index contributed by atoms with van der Waals surface area (Å²) in [6.07, 6.45) is 0. The van der Waals surface area contributed by atoms with Crippen molar-refractivity contribution in [3.8, 4) is 0 Å². The van der Waals surface area contributed by atoms with E-state index < -0.39 is 0 Å². The van der Waals surface area contributed by atoms with E-state index in [0.29, 0.717) is 31.2 Å². The maximum Gasteiger partial charge on any atom is 0.139 e. The summed E-state index contributed by atoms with van der Waals surface area (Å²) in [6, 6.07) is 13.8. The number of nitrogens with one attached hydrogen (secondary N) is 1. The van der Waals surface area contributed by atoms with Gasteiger partial charge >= 0.3 is 0 Å². The number of fused-ring (bicyclic) bond motifs is 2. The second kappa shape index (κ2) is 5.77. The molecule has 2 aliphatic heterocycles. The van der Waals surface area contributed by atoms with E-state index in [2.05, 4.69) is 10.2 Å². The summed E-state index contributed by atoms with van der Waals surface area (Å²) in [6.45, 7) is 2.49. The van der Waals surface area contributed by atoms with E-state index in [-0.39, 0.29) is 4.65 Å². The van der Waals surface area contributed by atoms with Gasteiger partial charge < -0.3 is 20.1 Å². The van der Waals surface area contributed by atoms with Gasteiger partial charge in [0.2, 0.25) is 0 Å². The molecule has 4 rings (SSSR count). The lowest BCUT2D eigenvalue weighted by Crippen LogP contribution is -2.55. The Morgan fingerprint density at radius 2 is 1.88 bits per heavy atom. The molecule has 2 aromatic rings. The van der Waals surface area contributed by atoms with Crippen molar-refractivity contribution in [2.75, 3.05) is 38.5 Å². The molecule has 0 unspecified atom stereocenters. The largest absolute Gasteiger partial charge is 0.633 e. The summed E-state index contributed by atoms with van der Waals surface area (Å²) in [5.41, 5.74) is 3.82. The molecule has 24 heavy (non-hydrogen) atoms. The van der Waals surface area contributed by atoms with Gasteiger partial charge in [0, 0.05) is 16.3 Å². The number of piperazine rings is 1. The monoisotopic (exact) mass is 342 g/mol. The molecular weight excluding hydrogens is 324 g/mol. The van der Waals surface area contributed by atoms with Crippen molar-refractivity contribution >= 4 is 34.5 Å². The smallest absolute Gasteiger partial charge is 0.139 e. The van der Waals surface area contributed by atoms with Crippen molar-refractivity contribution in [1.29, 1.82) is 0 Å². The third-order valence-electron chi connectivity index (χ3n) is 4.61. The predicted molar refractivity (Wildman–Crippen MR) is 98.2 cm³/mol. The van der Waals surface area contributed by atoms with Crippen LogP contribution in [0.5, 0.6) is 0 Å². The number of para-hydroxylation sites is 2. The number of hydrogen-bond donors (Lipinski definition) is 1. The molecule has 0 amide bonds. The van der Waals surface area contributed by atoms with Gasteiger partial charge in [-0.05, 0) is 30.3 Å². The van der Waals surface area contributed by atoms with Crippen molar-refractivity contribution < 1.29 is 4.65 Å². The molecule has 1 N–H and O–H groups in total. The Morgan fingerprint density at radius 3 is 2.67 bits per heavy atom. The number of amidine groups is 1. The topological polar surface area (TPSA) is 50.7 Å². The molecule has 0 saturated carbocycles. The zero-order valence-corrected chi connectivity index (χ0v) is 14.3. The number of halogens is 1. The van der Waals surface area contributed by atoms with Gasteiger partial charge in [-0.1, -0.05) is 23.7 Å². The summed E-state index contributed by atoms with van der Waals surface area (Å²) < 4.78 is -0.193. The fourth-order valence-electron chi connectivity index (χ4n) is 3.15. The Balaban J connectivity index is 1.81. The first kappa shape index (κ1) is 15.4.